The second-order valence-electron chi connectivity index (χ2n) is 5.82. The zero-order valence-corrected chi connectivity index (χ0v) is 13.7. The Morgan fingerprint density at radius 3 is 2.60 bits per heavy atom. The fraction of sp³-hybridized carbons (Fsp3) is 0.562. The van der Waals surface area contributed by atoms with Crippen molar-refractivity contribution in [3.05, 3.63) is 23.8 Å². The van der Waals surface area contributed by atoms with E-state index in [1.807, 2.05) is 0 Å². The molecule has 2 aliphatic rings. The molecule has 6 atom stereocenters. The van der Waals surface area contributed by atoms with Gasteiger partial charge in [0.15, 0.2) is 24.1 Å². The second-order valence-corrected chi connectivity index (χ2v) is 5.82. The average Bonchev–Trinajstić information content (AvgIpc) is 2.59. The van der Waals surface area contributed by atoms with E-state index in [4.69, 9.17) is 23.7 Å². The molecule has 2 aliphatic heterocycles. The molecule has 2 fully saturated rings. The maximum atomic E-state index is 11.1. The van der Waals surface area contributed by atoms with Crippen LogP contribution in [0.3, 0.4) is 0 Å². The van der Waals surface area contributed by atoms with E-state index in [0.717, 1.165) is 0 Å². The molecule has 0 radical (unpaired) electrons. The van der Waals surface area contributed by atoms with E-state index in [1.165, 1.54) is 14.0 Å². The number of hydrogen-bond donors (Lipinski definition) is 3. The lowest BCUT2D eigenvalue weighted by Gasteiger charge is -2.45. The van der Waals surface area contributed by atoms with Gasteiger partial charge in [-0.05, 0) is 18.2 Å². The fourth-order valence-electron chi connectivity index (χ4n) is 2.83. The molecular formula is C16H20O9. The number of carbonyl (C=O) groups excluding carboxylic acids is 1. The van der Waals surface area contributed by atoms with Gasteiger partial charge in [-0.1, -0.05) is 0 Å². The van der Waals surface area contributed by atoms with Crippen LogP contribution < -0.4 is 9.47 Å². The molecule has 2 unspecified atom stereocenters. The summed E-state index contributed by atoms with van der Waals surface area (Å²) in [5.74, 6) is 0.0963. The molecule has 1 aromatic carbocycles. The lowest BCUT2D eigenvalue weighted by molar-refractivity contribution is -0.354. The zero-order chi connectivity index (χ0) is 18.1. The van der Waals surface area contributed by atoms with Gasteiger partial charge in [0.1, 0.15) is 24.4 Å². The van der Waals surface area contributed by atoms with E-state index in [0.29, 0.717) is 11.3 Å². The number of methoxy groups -OCH3 is 1. The van der Waals surface area contributed by atoms with Gasteiger partial charge >= 0.3 is 5.97 Å². The molecule has 0 aromatic heterocycles. The van der Waals surface area contributed by atoms with E-state index in [-0.39, 0.29) is 12.4 Å². The minimum Gasteiger partial charge on any atom is -0.493 e. The predicted octanol–water partition coefficient (Wildman–Crippen LogP) is -0.527. The number of esters is 1. The molecule has 3 rings (SSSR count). The summed E-state index contributed by atoms with van der Waals surface area (Å²) in [6.07, 6.45) is -6.70. The standard InChI is InChI=1S/C16H20O9/c1-7(17)23-9-4-3-8(5-10(9)21-2)16-22-6-11-14(25-16)12(18)13(19)15(20)24-11/h3-5,11-16,18-20H,6H2,1-2H3/t11-,12-,13-,14-,15?,16?/m1/s1. The Bertz CT molecular complexity index is 632. The summed E-state index contributed by atoms with van der Waals surface area (Å²) >= 11 is 0. The fourth-order valence-corrected chi connectivity index (χ4v) is 2.83. The second kappa shape index (κ2) is 7.24. The zero-order valence-electron chi connectivity index (χ0n) is 13.7. The van der Waals surface area contributed by atoms with Gasteiger partial charge in [0.05, 0.1) is 13.7 Å². The number of rotatable bonds is 3. The summed E-state index contributed by atoms with van der Waals surface area (Å²) in [6, 6.07) is 4.76. The van der Waals surface area contributed by atoms with Crippen LogP contribution in [0.5, 0.6) is 11.5 Å². The molecule has 0 aliphatic carbocycles. The van der Waals surface area contributed by atoms with Crippen molar-refractivity contribution in [2.75, 3.05) is 13.7 Å². The van der Waals surface area contributed by atoms with Crippen LogP contribution in [-0.2, 0) is 19.0 Å². The number of benzene rings is 1. The van der Waals surface area contributed by atoms with Gasteiger partial charge in [-0.3, -0.25) is 4.79 Å². The Labute approximate surface area is 143 Å². The third-order valence-corrected chi connectivity index (χ3v) is 4.07. The van der Waals surface area contributed by atoms with Crippen LogP contribution in [0.25, 0.3) is 0 Å². The van der Waals surface area contributed by atoms with Crippen LogP contribution in [0.2, 0.25) is 0 Å². The summed E-state index contributed by atoms with van der Waals surface area (Å²) in [5.41, 5.74) is 0.569. The van der Waals surface area contributed by atoms with Crippen molar-refractivity contribution < 1.29 is 43.8 Å². The molecule has 1 aromatic rings. The smallest absolute Gasteiger partial charge is 0.308 e. The van der Waals surface area contributed by atoms with Crippen molar-refractivity contribution in [3.63, 3.8) is 0 Å². The lowest BCUT2D eigenvalue weighted by Crippen LogP contribution is -2.61. The quantitative estimate of drug-likeness (QED) is 0.484. The summed E-state index contributed by atoms with van der Waals surface area (Å²) < 4.78 is 26.7. The summed E-state index contributed by atoms with van der Waals surface area (Å²) in [4.78, 5) is 11.1. The molecule has 0 bridgehead atoms. The molecule has 2 saturated heterocycles. The minimum absolute atomic E-state index is 0.0597. The van der Waals surface area contributed by atoms with Crippen LogP contribution in [-0.4, -0.2) is 65.7 Å². The lowest BCUT2D eigenvalue weighted by atomic mass is 9.98. The average molecular weight is 356 g/mol. The predicted molar refractivity (Wildman–Crippen MR) is 80.8 cm³/mol. The van der Waals surface area contributed by atoms with E-state index in [2.05, 4.69) is 0 Å². The van der Waals surface area contributed by atoms with Crippen LogP contribution in [0, 0.1) is 0 Å². The summed E-state index contributed by atoms with van der Waals surface area (Å²) in [7, 11) is 1.43. The first-order chi connectivity index (χ1) is 11.9. The number of carbonyl (C=O) groups is 1. The topological polar surface area (TPSA) is 124 Å². The van der Waals surface area contributed by atoms with Crippen molar-refractivity contribution in [1.82, 2.24) is 0 Å². The van der Waals surface area contributed by atoms with Crippen LogP contribution in [0.1, 0.15) is 18.8 Å². The third kappa shape index (κ3) is 3.61. The highest BCUT2D eigenvalue weighted by atomic mass is 16.7. The molecule has 9 nitrogen and oxygen atoms in total. The van der Waals surface area contributed by atoms with Crippen molar-refractivity contribution >= 4 is 5.97 Å². The maximum Gasteiger partial charge on any atom is 0.308 e. The van der Waals surface area contributed by atoms with E-state index in [9.17, 15) is 20.1 Å². The van der Waals surface area contributed by atoms with Gasteiger partial charge in [0, 0.05) is 12.5 Å². The van der Waals surface area contributed by atoms with E-state index < -0.39 is 43.0 Å². The number of aliphatic hydroxyl groups excluding tert-OH is 3. The number of ether oxygens (including phenoxy) is 5. The van der Waals surface area contributed by atoms with Crippen molar-refractivity contribution in [2.45, 2.75) is 43.9 Å². The third-order valence-electron chi connectivity index (χ3n) is 4.07. The Morgan fingerprint density at radius 2 is 1.92 bits per heavy atom. The first-order valence-electron chi connectivity index (χ1n) is 7.73. The highest BCUT2D eigenvalue weighted by Crippen LogP contribution is 2.37. The first kappa shape index (κ1) is 18.1. The van der Waals surface area contributed by atoms with Gasteiger partial charge in [-0.15, -0.1) is 0 Å². The maximum absolute atomic E-state index is 11.1. The van der Waals surface area contributed by atoms with Crippen LogP contribution >= 0.6 is 0 Å². The molecular weight excluding hydrogens is 336 g/mol. The van der Waals surface area contributed by atoms with Gasteiger partial charge in [-0.25, -0.2) is 0 Å². The summed E-state index contributed by atoms with van der Waals surface area (Å²) in [6.45, 7) is 1.34. The largest absolute Gasteiger partial charge is 0.493 e. The van der Waals surface area contributed by atoms with Crippen LogP contribution in [0.15, 0.2) is 18.2 Å². The monoisotopic (exact) mass is 356 g/mol. The van der Waals surface area contributed by atoms with Gasteiger partial charge in [0.2, 0.25) is 0 Å². The number of hydrogen-bond acceptors (Lipinski definition) is 9. The Hall–Kier alpha value is -1.75. The molecule has 9 heteroatoms. The SMILES string of the molecule is COc1cc(C2OC[C@H]3OC(O)[C@H](O)[C@@H](O)[C@@H]3O2)ccc1OC(C)=O. The Kier molecular flexibility index (Phi) is 5.23. The highest BCUT2D eigenvalue weighted by molar-refractivity contribution is 5.70. The number of fused-ring (bicyclic) bond motifs is 1. The molecule has 0 spiro atoms. The molecule has 2 heterocycles. The molecule has 138 valence electrons. The number of aliphatic hydroxyl groups is 3. The van der Waals surface area contributed by atoms with Gasteiger partial charge in [-0.2, -0.15) is 0 Å². The summed E-state index contributed by atoms with van der Waals surface area (Å²) in [5, 5.41) is 29.4. The molecule has 25 heavy (non-hydrogen) atoms. The van der Waals surface area contributed by atoms with E-state index >= 15 is 0 Å². The molecule has 0 amide bonds. The minimum atomic E-state index is -1.50. The van der Waals surface area contributed by atoms with E-state index in [1.54, 1.807) is 18.2 Å². The highest BCUT2D eigenvalue weighted by Gasteiger charge is 2.48. The Balaban J connectivity index is 1.78. The van der Waals surface area contributed by atoms with Gasteiger partial charge in [0.25, 0.3) is 0 Å². The van der Waals surface area contributed by atoms with Crippen molar-refractivity contribution in [1.29, 1.82) is 0 Å². The van der Waals surface area contributed by atoms with Crippen LogP contribution in [0.4, 0.5) is 0 Å². The molecule has 3 N–H and O–H groups in total. The normalized spacial score (nSPS) is 34.9. The van der Waals surface area contributed by atoms with Crippen molar-refractivity contribution in [2.24, 2.45) is 0 Å². The Morgan fingerprint density at radius 1 is 1.16 bits per heavy atom. The van der Waals surface area contributed by atoms with Gasteiger partial charge < -0.3 is 39.0 Å². The molecule has 0 saturated carbocycles. The first-order valence-corrected chi connectivity index (χ1v) is 7.73. The van der Waals surface area contributed by atoms with Crippen molar-refractivity contribution in [3.8, 4) is 11.5 Å².